The summed E-state index contributed by atoms with van der Waals surface area (Å²) in [4.78, 5) is 31.9. The molecule has 2 aromatic carbocycles. The zero-order valence-corrected chi connectivity index (χ0v) is 17.0. The summed E-state index contributed by atoms with van der Waals surface area (Å²) in [6, 6.07) is 13.0. The molecule has 1 aromatic heterocycles. The summed E-state index contributed by atoms with van der Waals surface area (Å²) >= 11 is 0. The SMILES string of the molecule is CC1CCN(C(=O)Cn2c(CNC(=O)c3ccc(F)cc3)nc3ccccc32)CC1. The minimum absolute atomic E-state index is 0.0659. The first-order valence-corrected chi connectivity index (χ1v) is 10.3. The van der Waals surface area contributed by atoms with E-state index in [4.69, 9.17) is 0 Å². The van der Waals surface area contributed by atoms with Crippen molar-refractivity contribution in [2.24, 2.45) is 5.92 Å². The Morgan fingerprint density at radius 3 is 2.53 bits per heavy atom. The first-order chi connectivity index (χ1) is 14.5. The molecule has 156 valence electrons. The molecule has 0 saturated carbocycles. The number of para-hydroxylation sites is 2. The summed E-state index contributed by atoms with van der Waals surface area (Å²) in [7, 11) is 0. The van der Waals surface area contributed by atoms with Crippen LogP contribution in [0.2, 0.25) is 0 Å². The highest BCUT2D eigenvalue weighted by molar-refractivity contribution is 5.94. The number of fused-ring (bicyclic) bond motifs is 1. The van der Waals surface area contributed by atoms with Crippen LogP contribution in [0, 0.1) is 11.7 Å². The van der Waals surface area contributed by atoms with Crippen LogP contribution in [-0.2, 0) is 17.9 Å². The molecule has 6 nitrogen and oxygen atoms in total. The van der Waals surface area contributed by atoms with Crippen LogP contribution in [0.15, 0.2) is 48.5 Å². The number of hydrogen-bond donors (Lipinski definition) is 1. The summed E-state index contributed by atoms with van der Waals surface area (Å²) < 4.78 is 15.0. The highest BCUT2D eigenvalue weighted by Gasteiger charge is 2.22. The molecule has 0 bridgehead atoms. The van der Waals surface area contributed by atoms with Crippen LogP contribution < -0.4 is 5.32 Å². The number of nitrogens with zero attached hydrogens (tertiary/aromatic N) is 3. The Morgan fingerprint density at radius 2 is 1.80 bits per heavy atom. The zero-order valence-electron chi connectivity index (χ0n) is 17.0. The largest absolute Gasteiger partial charge is 0.345 e. The summed E-state index contributed by atoms with van der Waals surface area (Å²) in [5.41, 5.74) is 2.02. The lowest BCUT2D eigenvalue weighted by Gasteiger charge is -2.30. The molecule has 0 atom stereocenters. The lowest BCUT2D eigenvalue weighted by molar-refractivity contribution is -0.133. The topological polar surface area (TPSA) is 67.2 Å². The highest BCUT2D eigenvalue weighted by atomic mass is 19.1. The first-order valence-electron chi connectivity index (χ1n) is 10.3. The summed E-state index contributed by atoms with van der Waals surface area (Å²) in [6.07, 6.45) is 2.05. The Balaban J connectivity index is 1.52. The molecule has 1 aliphatic heterocycles. The summed E-state index contributed by atoms with van der Waals surface area (Å²) in [5.74, 6) is 0.630. The maximum absolute atomic E-state index is 13.1. The van der Waals surface area contributed by atoms with E-state index in [9.17, 15) is 14.0 Å². The molecular formula is C23H25FN4O2. The van der Waals surface area contributed by atoms with Gasteiger partial charge < -0.3 is 14.8 Å². The van der Waals surface area contributed by atoms with Crippen LogP contribution in [0.5, 0.6) is 0 Å². The molecular weight excluding hydrogens is 383 g/mol. The van der Waals surface area contributed by atoms with Crippen molar-refractivity contribution in [2.45, 2.75) is 32.9 Å². The maximum atomic E-state index is 13.1. The van der Waals surface area contributed by atoms with Gasteiger partial charge in [-0.2, -0.15) is 0 Å². The van der Waals surface area contributed by atoms with Gasteiger partial charge in [-0.05, 0) is 55.2 Å². The average molecular weight is 408 g/mol. The second kappa shape index (κ2) is 8.65. The average Bonchev–Trinajstić information content (AvgIpc) is 3.10. The van der Waals surface area contributed by atoms with Crippen LogP contribution in [0.1, 0.15) is 35.9 Å². The third kappa shape index (κ3) is 4.35. The standard InChI is InChI=1S/C23H25FN4O2/c1-16-10-12-27(13-11-16)22(29)15-28-20-5-3-2-4-19(20)26-21(28)14-25-23(30)17-6-8-18(24)9-7-17/h2-9,16H,10-15H2,1H3,(H,25,30). The number of likely N-dealkylation sites (tertiary alicyclic amines) is 1. The maximum Gasteiger partial charge on any atom is 0.251 e. The molecule has 3 aromatic rings. The van der Waals surface area contributed by atoms with Crippen molar-refractivity contribution in [1.82, 2.24) is 19.8 Å². The summed E-state index contributed by atoms with van der Waals surface area (Å²) in [6.45, 7) is 4.14. The Hall–Kier alpha value is -3.22. The molecule has 1 aliphatic rings. The second-order valence-electron chi connectivity index (χ2n) is 7.86. The van der Waals surface area contributed by atoms with Gasteiger partial charge in [0.25, 0.3) is 5.91 Å². The van der Waals surface area contributed by atoms with Gasteiger partial charge in [0.15, 0.2) is 0 Å². The van der Waals surface area contributed by atoms with Crippen molar-refractivity contribution in [3.63, 3.8) is 0 Å². The van der Waals surface area contributed by atoms with Gasteiger partial charge in [0, 0.05) is 18.7 Å². The molecule has 2 heterocycles. The fourth-order valence-electron chi connectivity index (χ4n) is 3.79. The summed E-state index contributed by atoms with van der Waals surface area (Å²) in [5, 5.41) is 2.83. The number of benzene rings is 2. The van der Waals surface area contributed by atoms with Gasteiger partial charge in [-0.15, -0.1) is 0 Å². The molecule has 30 heavy (non-hydrogen) atoms. The van der Waals surface area contributed by atoms with Gasteiger partial charge >= 0.3 is 0 Å². The predicted molar refractivity (Wildman–Crippen MR) is 112 cm³/mol. The van der Waals surface area contributed by atoms with Crippen molar-refractivity contribution in [3.8, 4) is 0 Å². The molecule has 0 spiro atoms. The third-order valence-corrected chi connectivity index (χ3v) is 5.68. The Labute approximate surface area is 174 Å². The van der Waals surface area contributed by atoms with Crippen LogP contribution in [0.4, 0.5) is 4.39 Å². The van der Waals surface area contributed by atoms with Crippen molar-refractivity contribution < 1.29 is 14.0 Å². The van der Waals surface area contributed by atoms with Gasteiger partial charge in [0.05, 0.1) is 17.6 Å². The first kappa shape index (κ1) is 20.1. The van der Waals surface area contributed by atoms with Crippen LogP contribution in [0.25, 0.3) is 11.0 Å². The third-order valence-electron chi connectivity index (χ3n) is 5.68. The molecule has 1 saturated heterocycles. The second-order valence-corrected chi connectivity index (χ2v) is 7.86. The molecule has 0 aliphatic carbocycles. The van der Waals surface area contributed by atoms with Gasteiger partial charge in [0.1, 0.15) is 18.2 Å². The molecule has 0 unspecified atom stereocenters. The van der Waals surface area contributed by atoms with E-state index >= 15 is 0 Å². The van der Waals surface area contributed by atoms with E-state index in [-0.39, 0.29) is 30.7 Å². The Kier molecular flexibility index (Phi) is 5.79. The van der Waals surface area contributed by atoms with Gasteiger partial charge in [-0.3, -0.25) is 9.59 Å². The predicted octanol–water partition coefficient (Wildman–Crippen LogP) is 3.36. The van der Waals surface area contributed by atoms with E-state index in [1.165, 1.54) is 24.3 Å². The number of carbonyl (C=O) groups excluding carboxylic acids is 2. The lowest BCUT2D eigenvalue weighted by atomic mass is 9.99. The normalized spacial score (nSPS) is 14.8. The van der Waals surface area contributed by atoms with Crippen LogP contribution >= 0.6 is 0 Å². The molecule has 1 fully saturated rings. The number of hydrogen-bond acceptors (Lipinski definition) is 3. The van der Waals surface area contributed by atoms with Crippen LogP contribution in [0.3, 0.4) is 0 Å². The van der Waals surface area contributed by atoms with Gasteiger partial charge in [-0.1, -0.05) is 19.1 Å². The fraction of sp³-hybridized carbons (Fsp3) is 0.348. The Morgan fingerprint density at radius 1 is 1.10 bits per heavy atom. The van der Waals surface area contributed by atoms with Crippen molar-refractivity contribution in [2.75, 3.05) is 13.1 Å². The zero-order chi connectivity index (χ0) is 21.1. The number of carbonyl (C=O) groups is 2. The molecule has 4 rings (SSSR count). The van der Waals surface area contributed by atoms with E-state index in [0.29, 0.717) is 17.3 Å². The van der Waals surface area contributed by atoms with Crippen LogP contribution in [-0.4, -0.2) is 39.4 Å². The van der Waals surface area contributed by atoms with Crippen molar-refractivity contribution >= 4 is 22.8 Å². The van der Waals surface area contributed by atoms with Crippen molar-refractivity contribution in [1.29, 1.82) is 0 Å². The van der Waals surface area contributed by atoms with E-state index in [2.05, 4.69) is 17.2 Å². The number of halogens is 1. The van der Waals surface area contributed by atoms with Crippen molar-refractivity contribution in [3.05, 3.63) is 65.7 Å². The number of piperidine rings is 1. The molecule has 7 heteroatoms. The number of imidazole rings is 1. The molecule has 0 radical (unpaired) electrons. The van der Waals surface area contributed by atoms with E-state index in [1.807, 2.05) is 33.7 Å². The minimum Gasteiger partial charge on any atom is -0.345 e. The van der Waals surface area contributed by atoms with E-state index < -0.39 is 0 Å². The number of nitrogens with one attached hydrogen (secondary N) is 1. The monoisotopic (exact) mass is 408 g/mol. The number of amides is 2. The number of aromatic nitrogens is 2. The lowest BCUT2D eigenvalue weighted by Crippen LogP contribution is -2.40. The highest BCUT2D eigenvalue weighted by Crippen LogP contribution is 2.19. The Bertz CT molecular complexity index is 1050. The smallest absolute Gasteiger partial charge is 0.251 e. The van der Waals surface area contributed by atoms with E-state index in [1.54, 1.807) is 0 Å². The fourth-order valence-corrected chi connectivity index (χ4v) is 3.79. The molecule has 2 amide bonds. The van der Waals surface area contributed by atoms with Gasteiger partial charge in [0.2, 0.25) is 5.91 Å². The molecule has 1 N–H and O–H groups in total. The van der Waals surface area contributed by atoms with E-state index in [0.717, 1.165) is 37.0 Å². The number of rotatable bonds is 5. The van der Waals surface area contributed by atoms with Gasteiger partial charge in [-0.25, -0.2) is 9.37 Å². The minimum atomic E-state index is -0.390. The quantitative estimate of drug-likeness (QED) is 0.704.